The Bertz CT molecular complexity index is 447. The highest BCUT2D eigenvalue weighted by molar-refractivity contribution is 9.10. The maximum atomic E-state index is 3.72. The Labute approximate surface area is 132 Å². The van der Waals surface area contributed by atoms with Crippen molar-refractivity contribution in [3.8, 4) is 0 Å². The van der Waals surface area contributed by atoms with Crippen LogP contribution < -0.4 is 10.2 Å². The third kappa shape index (κ3) is 3.37. The highest BCUT2D eigenvalue weighted by Gasteiger charge is 2.28. The first kappa shape index (κ1) is 15.8. The highest BCUT2D eigenvalue weighted by Crippen LogP contribution is 2.29. The first-order chi connectivity index (χ1) is 9.56. The van der Waals surface area contributed by atoms with E-state index in [9.17, 15) is 0 Å². The molecule has 3 atom stereocenters. The van der Waals surface area contributed by atoms with Crippen LogP contribution in [0.5, 0.6) is 0 Å². The van der Waals surface area contributed by atoms with E-state index in [0.29, 0.717) is 12.1 Å². The van der Waals surface area contributed by atoms with Crippen LogP contribution in [0.25, 0.3) is 0 Å². The number of aryl methyl sites for hydroxylation is 1. The Hall–Kier alpha value is -0.540. The summed E-state index contributed by atoms with van der Waals surface area (Å²) in [7, 11) is 0. The van der Waals surface area contributed by atoms with Gasteiger partial charge in [-0.15, -0.1) is 0 Å². The van der Waals surface area contributed by atoms with Gasteiger partial charge in [0.05, 0.1) is 0 Å². The summed E-state index contributed by atoms with van der Waals surface area (Å²) in [6, 6.07) is 7.87. The minimum absolute atomic E-state index is 0.557. The average Bonchev–Trinajstić information content (AvgIpc) is 2.47. The Morgan fingerprint density at radius 2 is 2.15 bits per heavy atom. The van der Waals surface area contributed by atoms with Crippen LogP contribution in [0, 0.1) is 5.92 Å². The van der Waals surface area contributed by atoms with Gasteiger partial charge in [0.2, 0.25) is 0 Å². The maximum Gasteiger partial charge on any atom is 0.0402 e. The zero-order chi connectivity index (χ0) is 14.7. The largest absolute Gasteiger partial charge is 0.366 e. The molecule has 0 aliphatic carbocycles. The lowest BCUT2D eigenvalue weighted by molar-refractivity contribution is 0.315. The third-order valence-electron chi connectivity index (χ3n) is 4.66. The molecule has 3 unspecified atom stereocenters. The number of rotatable bonds is 4. The summed E-state index contributed by atoms with van der Waals surface area (Å²) < 4.78 is 1.18. The number of nitrogens with one attached hydrogen (secondary N) is 1. The van der Waals surface area contributed by atoms with Gasteiger partial charge in [0.25, 0.3) is 0 Å². The van der Waals surface area contributed by atoms with E-state index in [1.54, 1.807) is 0 Å². The molecule has 1 N–H and O–H groups in total. The van der Waals surface area contributed by atoms with Crippen molar-refractivity contribution in [2.24, 2.45) is 5.92 Å². The first-order valence-corrected chi connectivity index (χ1v) is 8.64. The van der Waals surface area contributed by atoms with Gasteiger partial charge in [0, 0.05) is 35.3 Å². The SMILES string of the molecule is CCc1cc(Br)ccc1N1CC(C(C)CC)NCC1C. The molecule has 3 heteroatoms. The lowest BCUT2D eigenvalue weighted by atomic mass is 9.94. The van der Waals surface area contributed by atoms with E-state index in [1.165, 1.54) is 22.1 Å². The van der Waals surface area contributed by atoms with Crippen molar-refractivity contribution >= 4 is 21.6 Å². The normalized spacial score (nSPS) is 24.8. The van der Waals surface area contributed by atoms with Crippen molar-refractivity contribution < 1.29 is 0 Å². The van der Waals surface area contributed by atoms with Gasteiger partial charge in [-0.1, -0.05) is 43.1 Å². The van der Waals surface area contributed by atoms with Crippen LogP contribution in [0.15, 0.2) is 22.7 Å². The molecular formula is C17H27BrN2. The van der Waals surface area contributed by atoms with Crippen LogP contribution in [0.2, 0.25) is 0 Å². The summed E-state index contributed by atoms with van der Waals surface area (Å²) in [5.74, 6) is 0.727. The van der Waals surface area contributed by atoms with E-state index >= 15 is 0 Å². The van der Waals surface area contributed by atoms with Crippen molar-refractivity contribution in [2.45, 2.75) is 52.6 Å². The Morgan fingerprint density at radius 3 is 2.80 bits per heavy atom. The van der Waals surface area contributed by atoms with Crippen molar-refractivity contribution in [2.75, 3.05) is 18.0 Å². The molecule has 1 fully saturated rings. The van der Waals surface area contributed by atoms with E-state index < -0.39 is 0 Å². The lowest BCUT2D eigenvalue weighted by Crippen LogP contribution is -2.57. The molecule has 1 aromatic rings. The molecule has 0 radical (unpaired) electrons. The summed E-state index contributed by atoms with van der Waals surface area (Å²) in [5.41, 5.74) is 2.86. The predicted molar refractivity (Wildman–Crippen MR) is 91.6 cm³/mol. The fraction of sp³-hybridized carbons (Fsp3) is 0.647. The van der Waals surface area contributed by atoms with E-state index in [-0.39, 0.29) is 0 Å². The minimum Gasteiger partial charge on any atom is -0.366 e. The maximum absolute atomic E-state index is 3.72. The van der Waals surface area contributed by atoms with E-state index in [2.05, 4.69) is 72.0 Å². The van der Waals surface area contributed by atoms with Gasteiger partial charge in [-0.2, -0.15) is 0 Å². The van der Waals surface area contributed by atoms with E-state index in [1.807, 2.05) is 0 Å². The number of halogens is 1. The van der Waals surface area contributed by atoms with Crippen LogP contribution >= 0.6 is 15.9 Å². The Morgan fingerprint density at radius 1 is 1.40 bits per heavy atom. The number of piperazine rings is 1. The minimum atomic E-state index is 0.557. The summed E-state index contributed by atoms with van der Waals surface area (Å²) in [6.45, 7) is 11.4. The molecule has 0 spiro atoms. The number of benzene rings is 1. The van der Waals surface area contributed by atoms with E-state index in [4.69, 9.17) is 0 Å². The second-order valence-electron chi connectivity index (χ2n) is 6.03. The molecule has 2 rings (SSSR count). The molecule has 1 aliphatic heterocycles. The molecule has 2 nitrogen and oxygen atoms in total. The van der Waals surface area contributed by atoms with Crippen LogP contribution in [-0.4, -0.2) is 25.2 Å². The summed E-state index contributed by atoms with van der Waals surface area (Å²) in [5, 5.41) is 3.72. The third-order valence-corrected chi connectivity index (χ3v) is 5.16. The summed E-state index contributed by atoms with van der Waals surface area (Å²) >= 11 is 3.59. The molecule has 1 aromatic carbocycles. The predicted octanol–water partition coefficient (Wildman–Crippen LogP) is 4.22. The number of nitrogens with zero attached hydrogens (tertiary/aromatic N) is 1. The molecule has 0 amide bonds. The average molecular weight is 339 g/mol. The fourth-order valence-electron chi connectivity index (χ4n) is 3.01. The highest BCUT2D eigenvalue weighted by atomic mass is 79.9. The zero-order valence-electron chi connectivity index (χ0n) is 13.1. The monoisotopic (exact) mass is 338 g/mol. The standard InChI is InChI=1S/C17H27BrN2/c1-5-12(3)16-11-20(13(4)10-19-16)17-8-7-15(18)9-14(17)6-2/h7-9,12-13,16,19H,5-6,10-11H2,1-4H3. The van der Waals surface area contributed by atoms with Crippen molar-refractivity contribution in [1.82, 2.24) is 5.32 Å². The molecular weight excluding hydrogens is 312 g/mol. The van der Waals surface area contributed by atoms with Crippen LogP contribution in [0.4, 0.5) is 5.69 Å². The van der Waals surface area contributed by atoms with Crippen LogP contribution in [0.1, 0.15) is 39.7 Å². The number of anilines is 1. The molecule has 1 aliphatic rings. The summed E-state index contributed by atoms with van der Waals surface area (Å²) in [4.78, 5) is 2.60. The molecule has 112 valence electrons. The van der Waals surface area contributed by atoms with Gasteiger partial charge >= 0.3 is 0 Å². The van der Waals surface area contributed by atoms with Gasteiger partial charge in [0.15, 0.2) is 0 Å². The first-order valence-electron chi connectivity index (χ1n) is 7.85. The topological polar surface area (TPSA) is 15.3 Å². The van der Waals surface area contributed by atoms with Gasteiger partial charge in [-0.25, -0.2) is 0 Å². The molecule has 1 saturated heterocycles. The molecule has 0 saturated carbocycles. The van der Waals surface area contributed by atoms with Crippen molar-refractivity contribution in [3.63, 3.8) is 0 Å². The number of hydrogen-bond donors (Lipinski definition) is 1. The van der Waals surface area contributed by atoms with Crippen LogP contribution in [-0.2, 0) is 6.42 Å². The molecule has 0 bridgehead atoms. The molecule has 20 heavy (non-hydrogen) atoms. The fourth-order valence-corrected chi connectivity index (χ4v) is 3.42. The zero-order valence-corrected chi connectivity index (χ0v) is 14.7. The number of hydrogen-bond acceptors (Lipinski definition) is 2. The quantitative estimate of drug-likeness (QED) is 0.883. The van der Waals surface area contributed by atoms with E-state index in [0.717, 1.165) is 25.4 Å². The van der Waals surface area contributed by atoms with Gasteiger partial charge in [-0.3, -0.25) is 0 Å². The Balaban J connectivity index is 2.25. The lowest BCUT2D eigenvalue weighted by Gasteiger charge is -2.43. The van der Waals surface area contributed by atoms with Crippen LogP contribution in [0.3, 0.4) is 0 Å². The van der Waals surface area contributed by atoms with Gasteiger partial charge in [0.1, 0.15) is 0 Å². The van der Waals surface area contributed by atoms with Gasteiger partial charge in [-0.05, 0) is 43.0 Å². The summed E-state index contributed by atoms with van der Waals surface area (Å²) in [6.07, 6.45) is 2.32. The second-order valence-corrected chi connectivity index (χ2v) is 6.94. The van der Waals surface area contributed by atoms with Gasteiger partial charge < -0.3 is 10.2 Å². The Kier molecular flexibility index (Phi) is 5.50. The second kappa shape index (κ2) is 6.95. The molecule has 0 aromatic heterocycles. The van der Waals surface area contributed by atoms with Crippen molar-refractivity contribution in [1.29, 1.82) is 0 Å². The molecule has 1 heterocycles. The van der Waals surface area contributed by atoms with Crippen molar-refractivity contribution in [3.05, 3.63) is 28.2 Å². The smallest absolute Gasteiger partial charge is 0.0402 e.